The summed E-state index contributed by atoms with van der Waals surface area (Å²) in [5.41, 5.74) is 2.21. The number of hydrogen-bond donors (Lipinski definition) is 1. The van der Waals surface area contributed by atoms with Gasteiger partial charge < -0.3 is 9.88 Å². The minimum atomic E-state index is 0.315. The Bertz CT molecular complexity index is 468. The first kappa shape index (κ1) is 12.7. The first-order valence-corrected chi connectivity index (χ1v) is 6.36. The van der Waals surface area contributed by atoms with E-state index in [9.17, 15) is 0 Å². The van der Waals surface area contributed by atoms with Crippen LogP contribution in [0.1, 0.15) is 23.1 Å². The predicted octanol–water partition coefficient (Wildman–Crippen LogP) is 1.67. The molecule has 1 fully saturated rings. The van der Waals surface area contributed by atoms with Crippen LogP contribution in [-0.2, 0) is 0 Å². The zero-order valence-corrected chi connectivity index (χ0v) is 11.8. The average Bonchev–Trinajstić information content (AvgIpc) is 2.28. The van der Waals surface area contributed by atoms with E-state index in [1.807, 2.05) is 6.92 Å². The van der Waals surface area contributed by atoms with E-state index in [0.717, 1.165) is 41.4 Å². The summed E-state index contributed by atoms with van der Waals surface area (Å²) in [6, 6.07) is 0.315. The monoisotopic (exact) mass is 252 g/mol. The van der Waals surface area contributed by atoms with Gasteiger partial charge in [0.2, 0.25) is 0 Å². The van der Waals surface area contributed by atoms with Gasteiger partial charge >= 0.3 is 0 Å². The summed E-state index contributed by atoms with van der Waals surface area (Å²) in [4.78, 5) is 12.6. The van der Waals surface area contributed by atoms with E-state index in [1.165, 1.54) is 0 Å². The van der Waals surface area contributed by atoms with E-state index >= 15 is 0 Å². The van der Waals surface area contributed by atoms with Crippen molar-refractivity contribution in [2.75, 3.05) is 33.7 Å². The van der Waals surface area contributed by atoms with Gasteiger partial charge in [-0.3, -0.25) is 4.90 Å². The molecule has 5 heteroatoms. The molecule has 1 atom stereocenters. The second-order valence-electron chi connectivity index (χ2n) is 4.94. The number of aryl methyl sites for hydroxylation is 1. The van der Waals surface area contributed by atoms with E-state index in [1.54, 1.807) is 0 Å². The molecular formula is C12H20N4S. The summed E-state index contributed by atoms with van der Waals surface area (Å²) in [5.74, 6) is 0.993. The van der Waals surface area contributed by atoms with Crippen LogP contribution in [-0.4, -0.2) is 53.5 Å². The van der Waals surface area contributed by atoms with E-state index in [2.05, 4.69) is 40.8 Å². The summed E-state index contributed by atoms with van der Waals surface area (Å²) in [6.45, 7) is 7.25. The van der Waals surface area contributed by atoms with Crippen LogP contribution in [0.3, 0.4) is 0 Å². The number of aromatic amines is 1. The minimum Gasteiger partial charge on any atom is -0.346 e. The number of aromatic nitrogens is 2. The highest BCUT2D eigenvalue weighted by molar-refractivity contribution is 7.71. The number of piperazine rings is 1. The van der Waals surface area contributed by atoms with Crippen LogP contribution in [0.2, 0.25) is 0 Å². The molecule has 1 aliphatic rings. The highest BCUT2D eigenvalue weighted by atomic mass is 32.1. The minimum absolute atomic E-state index is 0.315. The number of H-pyrrole nitrogens is 1. The molecule has 1 aromatic heterocycles. The molecule has 2 heterocycles. The van der Waals surface area contributed by atoms with Crippen molar-refractivity contribution in [3.8, 4) is 0 Å². The molecule has 0 bridgehead atoms. The molecule has 1 N–H and O–H groups in total. The second kappa shape index (κ2) is 4.84. The van der Waals surface area contributed by atoms with Crippen LogP contribution in [0.25, 0.3) is 0 Å². The highest BCUT2D eigenvalue weighted by Crippen LogP contribution is 2.21. The molecule has 2 rings (SSSR count). The van der Waals surface area contributed by atoms with Gasteiger partial charge in [0.05, 0.1) is 6.04 Å². The lowest BCUT2D eigenvalue weighted by atomic mass is 10.1. The molecular weight excluding hydrogens is 232 g/mol. The van der Waals surface area contributed by atoms with Gasteiger partial charge in [-0.15, -0.1) is 0 Å². The van der Waals surface area contributed by atoms with Crippen LogP contribution in [0, 0.1) is 18.5 Å². The smallest absolute Gasteiger partial charge is 0.132 e. The van der Waals surface area contributed by atoms with Gasteiger partial charge in [-0.2, -0.15) is 0 Å². The van der Waals surface area contributed by atoms with Gasteiger partial charge in [0.1, 0.15) is 10.5 Å². The molecule has 0 radical (unpaired) electrons. The van der Waals surface area contributed by atoms with E-state index in [4.69, 9.17) is 12.2 Å². The van der Waals surface area contributed by atoms with Crippen molar-refractivity contribution in [2.45, 2.75) is 19.9 Å². The Morgan fingerprint density at radius 2 is 2.00 bits per heavy atom. The number of nitrogens with zero attached hydrogens (tertiary/aromatic N) is 3. The topological polar surface area (TPSA) is 35.2 Å². The van der Waals surface area contributed by atoms with Gasteiger partial charge in [-0.05, 0) is 27.9 Å². The van der Waals surface area contributed by atoms with Crippen molar-refractivity contribution >= 4 is 12.2 Å². The summed E-state index contributed by atoms with van der Waals surface area (Å²) < 4.78 is 0.720. The van der Waals surface area contributed by atoms with Crippen LogP contribution in [0.4, 0.5) is 0 Å². The molecule has 0 aliphatic carbocycles. The highest BCUT2D eigenvalue weighted by Gasteiger charge is 2.25. The lowest BCUT2D eigenvalue weighted by molar-refractivity contribution is 0.109. The number of rotatable bonds is 1. The molecule has 1 aliphatic heterocycles. The van der Waals surface area contributed by atoms with Crippen molar-refractivity contribution in [2.24, 2.45) is 0 Å². The molecule has 1 saturated heterocycles. The molecule has 1 unspecified atom stereocenters. The molecule has 0 saturated carbocycles. The van der Waals surface area contributed by atoms with Gasteiger partial charge in [-0.25, -0.2) is 4.98 Å². The Labute approximate surface area is 108 Å². The number of hydrogen-bond acceptors (Lipinski definition) is 4. The van der Waals surface area contributed by atoms with Gasteiger partial charge in [-0.1, -0.05) is 12.2 Å². The van der Waals surface area contributed by atoms with Gasteiger partial charge in [0.25, 0.3) is 0 Å². The maximum Gasteiger partial charge on any atom is 0.132 e. The van der Waals surface area contributed by atoms with Crippen molar-refractivity contribution in [1.82, 2.24) is 19.8 Å². The summed E-state index contributed by atoms with van der Waals surface area (Å²) in [7, 11) is 4.29. The molecule has 1 aromatic rings. The van der Waals surface area contributed by atoms with Gasteiger partial charge in [0.15, 0.2) is 0 Å². The standard InChI is InChI=1S/C12H20N4S/c1-8-9(2)13-11(14-12(8)17)10-7-15(3)5-6-16(10)4/h10H,5-7H2,1-4H3,(H,13,14,17). The van der Waals surface area contributed by atoms with Crippen molar-refractivity contribution in [3.63, 3.8) is 0 Å². The van der Waals surface area contributed by atoms with Gasteiger partial charge in [0, 0.05) is 30.9 Å². The Morgan fingerprint density at radius 3 is 2.65 bits per heavy atom. The van der Waals surface area contributed by atoms with Crippen molar-refractivity contribution < 1.29 is 0 Å². The van der Waals surface area contributed by atoms with E-state index in [-0.39, 0.29) is 0 Å². The molecule has 0 amide bonds. The first-order valence-electron chi connectivity index (χ1n) is 5.95. The second-order valence-corrected chi connectivity index (χ2v) is 5.32. The Balaban J connectivity index is 2.36. The summed E-state index contributed by atoms with van der Waals surface area (Å²) >= 11 is 5.30. The average molecular weight is 252 g/mol. The van der Waals surface area contributed by atoms with Crippen LogP contribution >= 0.6 is 12.2 Å². The molecule has 17 heavy (non-hydrogen) atoms. The normalized spacial score (nSPS) is 22.9. The van der Waals surface area contributed by atoms with Crippen molar-refractivity contribution in [3.05, 3.63) is 21.7 Å². The third-order valence-corrected chi connectivity index (χ3v) is 3.99. The van der Waals surface area contributed by atoms with E-state index < -0.39 is 0 Å². The largest absolute Gasteiger partial charge is 0.346 e. The lowest BCUT2D eigenvalue weighted by Crippen LogP contribution is -2.45. The molecule has 0 spiro atoms. The molecule has 4 nitrogen and oxygen atoms in total. The third-order valence-electron chi connectivity index (χ3n) is 3.59. The fourth-order valence-corrected chi connectivity index (χ4v) is 2.38. The molecule has 94 valence electrons. The van der Waals surface area contributed by atoms with Crippen LogP contribution < -0.4 is 0 Å². The number of likely N-dealkylation sites (N-methyl/N-ethyl adjacent to an activating group) is 2. The molecule has 0 aromatic carbocycles. The van der Waals surface area contributed by atoms with Crippen LogP contribution in [0.5, 0.6) is 0 Å². The SMILES string of the molecule is Cc1[nH]c(C2CN(C)CCN2C)nc(=S)c1C. The zero-order valence-electron chi connectivity index (χ0n) is 10.9. The first-order chi connectivity index (χ1) is 7.99. The maximum absolute atomic E-state index is 5.30. The Hall–Kier alpha value is -0.780. The maximum atomic E-state index is 5.30. The lowest BCUT2D eigenvalue weighted by Gasteiger charge is -2.37. The summed E-state index contributed by atoms with van der Waals surface area (Å²) in [5, 5.41) is 0. The fourth-order valence-electron chi connectivity index (χ4n) is 2.13. The number of nitrogens with one attached hydrogen (secondary N) is 1. The fraction of sp³-hybridized carbons (Fsp3) is 0.667. The Kier molecular flexibility index (Phi) is 3.61. The predicted molar refractivity (Wildman–Crippen MR) is 71.8 cm³/mol. The van der Waals surface area contributed by atoms with E-state index in [0.29, 0.717) is 6.04 Å². The zero-order chi connectivity index (χ0) is 12.6. The quantitative estimate of drug-likeness (QED) is 0.771. The summed E-state index contributed by atoms with van der Waals surface area (Å²) in [6.07, 6.45) is 0. The van der Waals surface area contributed by atoms with Crippen molar-refractivity contribution in [1.29, 1.82) is 0 Å². The third kappa shape index (κ3) is 2.56. The Morgan fingerprint density at radius 1 is 1.29 bits per heavy atom. The van der Waals surface area contributed by atoms with Crippen LogP contribution in [0.15, 0.2) is 0 Å².